The van der Waals surface area contributed by atoms with E-state index >= 15 is 0 Å². The lowest BCUT2D eigenvalue weighted by molar-refractivity contribution is -0.140. The van der Waals surface area contributed by atoms with Gasteiger partial charge in [-0.05, 0) is 0 Å². The van der Waals surface area contributed by atoms with Crippen molar-refractivity contribution >= 4 is 17.9 Å². The molecule has 0 aliphatic heterocycles. The fourth-order valence-corrected chi connectivity index (χ4v) is 0.500. The van der Waals surface area contributed by atoms with E-state index < -0.39 is 29.9 Å². The van der Waals surface area contributed by atoms with Crippen LogP contribution in [0, 0.1) is 0 Å². The summed E-state index contributed by atoms with van der Waals surface area (Å²) in [7, 11) is 0. The van der Waals surface area contributed by atoms with Gasteiger partial charge in [-0.3, -0.25) is 4.79 Å². The van der Waals surface area contributed by atoms with Crippen LogP contribution in [0.2, 0.25) is 0 Å². The highest BCUT2D eigenvalue weighted by atomic mass is 16.4. The summed E-state index contributed by atoms with van der Waals surface area (Å²) >= 11 is 0. The van der Waals surface area contributed by atoms with E-state index in [0.29, 0.717) is 6.08 Å². The van der Waals surface area contributed by atoms with Gasteiger partial charge in [-0.25, -0.2) is 9.59 Å². The second-order valence-electron chi connectivity index (χ2n) is 1.88. The minimum atomic E-state index is -1.54. The van der Waals surface area contributed by atoms with Crippen LogP contribution >= 0.6 is 0 Å². The van der Waals surface area contributed by atoms with Crippen molar-refractivity contribution in [2.45, 2.75) is 6.42 Å². The van der Waals surface area contributed by atoms with Crippen molar-refractivity contribution in [2.24, 2.45) is 0 Å². The Labute approximate surface area is 83.2 Å². The number of hydrogen-bond donors (Lipinski definition) is 3. The molecule has 0 aromatic carbocycles. The zero-order chi connectivity index (χ0) is 9.72. The van der Waals surface area contributed by atoms with Crippen LogP contribution < -0.4 is 0 Å². The van der Waals surface area contributed by atoms with Crippen LogP contribution in [0.25, 0.3) is 0 Å². The minimum Gasteiger partial charge on any atom is -0.481 e. The Morgan fingerprint density at radius 2 is 1.33 bits per heavy atom. The van der Waals surface area contributed by atoms with Crippen LogP contribution in [-0.2, 0) is 14.4 Å². The fourth-order valence-electron chi connectivity index (χ4n) is 0.500. The zero-order valence-electron chi connectivity index (χ0n) is 7.35. The summed E-state index contributed by atoms with van der Waals surface area (Å²) < 4.78 is 0. The lowest BCUT2D eigenvalue weighted by Crippen LogP contribution is -2.08. The van der Waals surface area contributed by atoms with Gasteiger partial charge in [0, 0.05) is 6.08 Å². The van der Waals surface area contributed by atoms with Gasteiger partial charge in [0.2, 0.25) is 0 Å². The maximum Gasteiger partial charge on any atom is 0.332 e. The number of aliphatic carboxylic acids is 3. The molecule has 0 aromatic rings. The van der Waals surface area contributed by atoms with E-state index in [1.807, 2.05) is 0 Å². The number of rotatable bonds is 4. The van der Waals surface area contributed by atoms with Crippen LogP contribution in [0.1, 0.15) is 6.42 Å². The topological polar surface area (TPSA) is 206 Å². The first kappa shape index (κ1) is 23.1. The van der Waals surface area contributed by atoms with E-state index in [0.717, 1.165) is 0 Å². The second-order valence-corrected chi connectivity index (χ2v) is 1.88. The Morgan fingerprint density at radius 1 is 0.933 bits per heavy atom. The van der Waals surface area contributed by atoms with E-state index in [4.69, 9.17) is 15.3 Å². The van der Waals surface area contributed by atoms with E-state index in [-0.39, 0.29) is 16.4 Å². The molecule has 0 bridgehead atoms. The van der Waals surface area contributed by atoms with Crippen molar-refractivity contribution in [1.82, 2.24) is 0 Å². The summed E-state index contributed by atoms with van der Waals surface area (Å²) in [6.45, 7) is 0. The molecule has 0 rings (SSSR count). The monoisotopic (exact) mass is 228 g/mol. The van der Waals surface area contributed by atoms with Crippen LogP contribution in [0.15, 0.2) is 11.6 Å². The molecule has 0 radical (unpaired) electrons. The van der Waals surface area contributed by atoms with Crippen LogP contribution in [0.5, 0.6) is 0 Å². The highest BCUT2D eigenvalue weighted by molar-refractivity contribution is 5.98. The first-order valence-electron chi connectivity index (χ1n) is 2.82. The van der Waals surface area contributed by atoms with Gasteiger partial charge in [-0.15, -0.1) is 0 Å². The van der Waals surface area contributed by atoms with Gasteiger partial charge in [0.05, 0.1) is 12.0 Å². The average molecular weight is 228 g/mol. The molecule has 0 aliphatic carbocycles. The number of carboxylic acids is 3. The van der Waals surface area contributed by atoms with E-state index in [9.17, 15) is 14.4 Å². The summed E-state index contributed by atoms with van der Waals surface area (Å²) in [5, 5.41) is 24.5. The van der Waals surface area contributed by atoms with E-state index in [2.05, 4.69) is 0 Å². The maximum absolute atomic E-state index is 10.2. The molecule has 90 valence electrons. The Kier molecular flexibility index (Phi) is 15.6. The summed E-state index contributed by atoms with van der Waals surface area (Å²) in [6.07, 6.45) is -0.446. The Morgan fingerprint density at radius 3 is 1.53 bits per heavy atom. The SMILES string of the molecule is O.O.O.O=C(O)C=C(CC(=O)O)C(=O)O. The van der Waals surface area contributed by atoms with Gasteiger partial charge in [-0.1, -0.05) is 0 Å². The molecule has 0 unspecified atom stereocenters. The van der Waals surface area contributed by atoms with Gasteiger partial charge in [0.25, 0.3) is 0 Å². The first-order valence-corrected chi connectivity index (χ1v) is 2.82. The third-order valence-corrected chi connectivity index (χ3v) is 0.914. The van der Waals surface area contributed by atoms with E-state index in [1.54, 1.807) is 0 Å². The maximum atomic E-state index is 10.2. The summed E-state index contributed by atoms with van der Waals surface area (Å²) in [5.74, 6) is -4.40. The third kappa shape index (κ3) is 12.0. The first-order chi connectivity index (χ1) is 5.43. The predicted molar refractivity (Wildman–Crippen MR) is 46.4 cm³/mol. The molecular formula is C6H12O9. The highest BCUT2D eigenvalue weighted by Gasteiger charge is 2.12. The van der Waals surface area contributed by atoms with Gasteiger partial charge < -0.3 is 31.7 Å². The number of hydrogen-bond acceptors (Lipinski definition) is 3. The van der Waals surface area contributed by atoms with Crippen molar-refractivity contribution < 1.29 is 46.1 Å². The Balaban J connectivity index is -0.000000202. The fraction of sp³-hybridized carbons (Fsp3) is 0.167. The molecule has 0 spiro atoms. The molecule has 0 amide bonds. The molecule has 0 saturated heterocycles. The predicted octanol–water partition coefficient (Wildman–Crippen LogP) is -2.92. The molecule has 0 saturated carbocycles. The lowest BCUT2D eigenvalue weighted by atomic mass is 10.2. The Hall–Kier alpha value is -1.97. The largest absolute Gasteiger partial charge is 0.481 e. The summed E-state index contributed by atoms with van der Waals surface area (Å²) in [6, 6.07) is 0. The van der Waals surface area contributed by atoms with Gasteiger partial charge in [0.1, 0.15) is 0 Å². The molecule has 0 aliphatic rings. The van der Waals surface area contributed by atoms with Crippen LogP contribution in [0.3, 0.4) is 0 Å². The van der Waals surface area contributed by atoms with Gasteiger partial charge in [-0.2, -0.15) is 0 Å². The smallest absolute Gasteiger partial charge is 0.332 e. The van der Waals surface area contributed by atoms with Crippen molar-refractivity contribution in [3.63, 3.8) is 0 Å². The second kappa shape index (κ2) is 10.1. The third-order valence-electron chi connectivity index (χ3n) is 0.914. The lowest BCUT2D eigenvalue weighted by Gasteiger charge is -1.94. The molecular weight excluding hydrogens is 216 g/mol. The average Bonchev–Trinajstić information content (AvgIpc) is 1.83. The molecule has 0 aromatic heterocycles. The van der Waals surface area contributed by atoms with Crippen LogP contribution in [0.4, 0.5) is 0 Å². The molecule has 0 atom stereocenters. The zero-order valence-corrected chi connectivity index (χ0v) is 7.35. The molecule has 0 fully saturated rings. The van der Waals surface area contributed by atoms with Gasteiger partial charge >= 0.3 is 17.9 Å². The quantitative estimate of drug-likeness (QED) is 0.429. The van der Waals surface area contributed by atoms with Crippen molar-refractivity contribution in [1.29, 1.82) is 0 Å². The summed E-state index contributed by atoms with van der Waals surface area (Å²) in [5.41, 5.74) is -0.657. The van der Waals surface area contributed by atoms with Crippen molar-refractivity contribution in [2.75, 3.05) is 0 Å². The molecule has 9 N–H and O–H groups in total. The number of carboxylic acid groups (broad SMARTS) is 3. The number of carbonyl (C=O) groups is 3. The molecule has 9 heteroatoms. The standard InChI is InChI=1S/C6H6O6.3H2O/c7-4(8)1-3(6(11)12)2-5(9)10;;;/h1H,2H2,(H,7,8)(H,9,10)(H,11,12);3*1H2. The molecule has 15 heavy (non-hydrogen) atoms. The summed E-state index contributed by atoms with van der Waals surface area (Å²) in [4.78, 5) is 30.1. The Bertz CT molecular complexity index is 253. The van der Waals surface area contributed by atoms with Crippen LogP contribution in [-0.4, -0.2) is 49.7 Å². The van der Waals surface area contributed by atoms with Crippen molar-refractivity contribution in [3.05, 3.63) is 11.6 Å². The minimum absolute atomic E-state index is 0. The normalized spacial score (nSPS) is 8.67. The van der Waals surface area contributed by atoms with Gasteiger partial charge in [0.15, 0.2) is 0 Å². The van der Waals surface area contributed by atoms with Crippen molar-refractivity contribution in [3.8, 4) is 0 Å². The van der Waals surface area contributed by atoms with E-state index in [1.165, 1.54) is 0 Å². The molecule has 9 nitrogen and oxygen atoms in total. The highest BCUT2D eigenvalue weighted by Crippen LogP contribution is 2.00. The molecule has 0 heterocycles.